The van der Waals surface area contributed by atoms with Gasteiger partial charge >= 0.3 is 0 Å². The molecule has 0 radical (unpaired) electrons. The molecule has 0 atom stereocenters. The number of nitrogens with zero attached hydrogens (tertiary/aromatic N) is 1. The first-order valence-electron chi connectivity index (χ1n) is 10.9. The van der Waals surface area contributed by atoms with Crippen LogP contribution in [0.1, 0.15) is 51.6 Å². The molecular formula is C27H28N2O2. The second-order valence-corrected chi connectivity index (χ2v) is 8.35. The number of nitrogens with one attached hydrogen (secondary N) is 1. The van der Waals surface area contributed by atoms with Crippen molar-refractivity contribution in [3.05, 3.63) is 101 Å². The number of likely N-dealkylation sites (tertiary alicyclic amines) is 1. The van der Waals surface area contributed by atoms with E-state index in [1.165, 1.54) is 18.4 Å². The number of para-hydroxylation sites is 1. The summed E-state index contributed by atoms with van der Waals surface area (Å²) in [6.07, 6.45) is 2.50. The number of benzene rings is 3. The molecule has 1 aliphatic rings. The van der Waals surface area contributed by atoms with E-state index in [1.54, 1.807) is 24.3 Å². The van der Waals surface area contributed by atoms with Crippen molar-refractivity contribution in [2.75, 3.05) is 18.4 Å². The van der Waals surface area contributed by atoms with E-state index in [0.717, 1.165) is 25.6 Å². The molecule has 0 saturated carbocycles. The lowest BCUT2D eigenvalue weighted by Gasteiger charge is -2.30. The smallest absolute Gasteiger partial charge is 0.255 e. The van der Waals surface area contributed by atoms with Crippen molar-refractivity contribution in [3.63, 3.8) is 0 Å². The van der Waals surface area contributed by atoms with Crippen LogP contribution in [0.3, 0.4) is 0 Å². The van der Waals surface area contributed by atoms with Gasteiger partial charge in [-0.2, -0.15) is 0 Å². The van der Waals surface area contributed by atoms with Crippen LogP contribution in [0.15, 0.2) is 78.9 Å². The number of carbonyl (C=O) groups excluding carboxylic acids is 2. The van der Waals surface area contributed by atoms with Gasteiger partial charge in [0.15, 0.2) is 5.78 Å². The average molecular weight is 413 g/mol. The molecule has 1 fully saturated rings. The molecule has 0 spiro atoms. The van der Waals surface area contributed by atoms with Gasteiger partial charge in [-0.25, -0.2) is 0 Å². The molecule has 1 amide bonds. The summed E-state index contributed by atoms with van der Waals surface area (Å²) in [7, 11) is 0. The van der Waals surface area contributed by atoms with Crippen molar-refractivity contribution in [3.8, 4) is 0 Å². The SMILES string of the molecule is CC1CCN(Cc2ccc(C(=O)Nc3ccccc3C(=O)c3ccccc3)cc2)CC1. The summed E-state index contributed by atoms with van der Waals surface area (Å²) in [6.45, 7) is 5.50. The molecule has 3 aromatic carbocycles. The second kappa shape index (κ2) is 9.71. The molecule has 1 N–H and O–H groups in total. The third-order valence-corrected chi connectivity index (χ3v) is 5.95. The fourth-order valence-corrected chi connectivity index (χ4v) is 3.97. The zero-order valence-corrected chi connectivity index (χ0v) is 17.9. The van der Waals surface area contributed by atoms with E-state index in [0.29, 0.717) is 22.4 Å². The van der Waals surface area contributed by atoms with E-state index in [2.05, 4.69) is 17.1 Å². The zero-order chi connectivity index (χ0) is 21.6. The Morgan fingerprint density at radius 2 is 1.48 bits per heavy atom. The van der Waals surface area contributed by atoms with Gasteiger partial charge in [0.2, 0.25) is 0 Å². The largest absolute Gasteiger partial charge is 0.321 e. The number of rotatable bonds is 6. The maximum atomic E-state index is 12.9. The molecule has 0 aromatic heterocycles. The molecule has 4 rings (SSSR count). The number of ketones is 1. The van der Waals surface area contributed by atoms with Crippen molar-refractivity contribution >= 4 is 17.4 Å². The van der Waals surface area contributed by atoms with Crippen molar-refractivity contribution < 1.29 is 9.59 Å². The lowest BCUT2D eigenvalue weighted by atomic mass is 9.99. The maximum absolute atomic E-state index is 12.9. The predicted octanol–water partition coefficient (Wildman–Crippen LogP) is 5.40. The van der Waals surface area contributed by atoms with E-state index in [-0.39, 0.29) is 11.7 Å². The second-order valence-electron chi connectivity index (χ2n) is 8.35. The highest BCUT2D eigenvalue weighted by molar-refractivity contribution is 6.15. The first kappa shape index (κ1) is 21.0. The van der Waals surface area contributed by atoms with Crippen LogP contribution in [0.5, 0.6) is 0 Å². The molecule has 158 valence electrons. The Bertz CT molecular complexity index is 1040. The average Bonchev–Trinajstić information content (AvgIpc) is 2.81. The van der Waals surface area contributed by atoms with Crippen LogP contribution in [0.25, 0.3) is 0 Å². The number of amides is 1. The summed E-state index contributed by atoms with van der Waals surface area (Å²) < 4.78 is 0. The molecule has 1 aliphatic heterocycles. The lowest BCUT2D eigenvalue weighted by Crippen LogP contribution is -2.32. The first-order chi connectivity index (χ1) is 15.1. The van der Waals surface area contributed by atoms with Crippen LogP contribution in [0.4, 0.5) is 5.69 Å². The van der Waals surface area contributed by atoms with Crippen molar-refractivity contribution in [1.29, 1.82) is 0 Å². The Balaban J connectivity index is 1.43. The van der Waals surface area contributed by atoms with Crippen LogP contribution >= 0.6 is 0 Å². The molecule has 3 aromatic rings. The summed E-state index contributed by atoms with van der Waals surface area (Å²) in [5, 5.41) is 2.91. The van der Waals surface area contributed by atoms with Gasteiger partial charge in [-0.3, -0.25) is 14.5 Å². The topological polar surface area (TPSA) is 49.4 Å². The lowest BCUT2D eigenvalue weighted by molar-refractivity contribution is 0.102. The molecule has 0 aliphatic carbocycles. The summed E-state index contributed by atoms with van der Waals surface area (Å²) in [5.41, 5.74) is 3.40. The summed E-state index contributed by atoms with van der Waals surface area (Å²) >= 11 is 0. The quantitative estimate of drug-likeness (QED) is 0.551. The standard InChI is InChI=1S/C27H28N2O2/c1-20-15-17-29(18-16-20)19-21-11-13-23(14-12-21)27(31)28-25-10-6-5-9-24(25)26(30)22-7-3-2-4-8-22/h2-14,20H,15-19H2,1H3,(H,28,31). The Labute approximate surface area is 183 Å². The van der Waals surface area contributed by atoms with E-state index in [1.807, 2.05) is 54.6 Å². The number of anilines is 1. The highest BCUT2D eigenvalue weighted by Gasteiger charge is 2.17. The van der Waals surface area contributed by atoms with Crippen LogP contribution < -0.4 is 5.32 Å². The normalized spacial score (nSPS) is 14.9. The van der Waals surface area contributed by atoms with Gasteiger partial charge in [0.25, 0.3) is 5.91 Å². The molecule has 31 heavy (non-hydrogen) atoms. The Hall–Kier alpha value is -3.24. The van der Waals surface area contributed by atoms with E-state index in [9.17, 15) is 9.59 Å². The maximum Gasteiger partial charge on any atom is 0.255 e. The van der Waals surface area contributed by atoms with Gasteiger partial charge in [0.1, 0.15) is 0 Å². The Kier molecular flexibility index (Phi) is 6.58. The highest BCUT2D eigenvalue weighted by atomic mass is 16.1. The Morgan fingerprint density at radius 1 is 0.839 bits per heavy atom. The van der Waals surface area contributed by atoms with Crippen LogP contribution in [-0.4, -0.2) is 29.7 Å². The Morgan fingerprint density at radius 3 is 2.19 bits per heavy atom. The minimum atomic E-state index is -0.216. The van der Waals surface area contributed by atoms with Crippen LogP contribution in [0, 0.1) is 5.92 Å². The van der Waals surface area contributed by atoms with Gasteiger partial charge in [-0.1, -0.05) is 61.5 Å². The summed E-state index contributed by atoms with van der Waals surface area (Å²) in [6, 6.07) is 24.0. The minimum absolute atomic E-state index is 0.109. The molecule has 1 saturated heterocycles. The van der Waals surface area contributed by atoms with Crippen molar-refractivity contribution in [1.82, 2.24) is 4.90 Å². The fraction of sp³-hybridized carbons (Fsp3) is 0.259. The fourth-order valence-electron chi connectivity index (χ4n) is 3.97. The number of carbonyl (C=O) groups is 2. The van der Waals surface area contributed by atoms with E-state index >= 15 is 0 Å². The monoisotopic (exact) mass is 412 g/mol. The van der Waals surface area contributed by atoms with Crippen molar-refractivity contribution in [2.45, 2.75) is 26.3 Å². The van der Waals surface area contributed by atoms with E-state index < -0.39 is 0 Å². The van der Waals surface area contributed by atoms with Gasteiger partial charge in [-0.05, 0) is 61.7 Å². The van der Waals surface area contributed by atoms with Gasteiger partial charge in [0, 0.05) is 23.2 Å². The number of hydrogen-bond donors (Lipinski definition) is 1. The zero-order valence-electron chi connectivity index (χ0n) is 17.9. The van der Waals surface area contributed by atoms with Gasteiger partial charge in [-0.15, -0.1) is 0 Å². The first-order valence-corrected chi connectivity index (χ1v) is 10.9. The highest BCUT2D eigenvalue weighted by Crippen LogP contribution is 2.21. The number of hydrogen-bond acceptors (Lipinski definition) is 3. The minimum Gasteiger partial charge on any atom is -0.321 e. The van der Waals surface area contributed by atoms with E-state index in [4.69, 9.17) is 0 Å². The van der Waals surface area contributed by atoms with Crippen molar-refractivity contribution in [2.24, 2.45) is 5.92 Å². The molecule has 4 nitrogen and oxygen atoms in total. The van der Waals surface area contributed by atoms with Gasteiger partial charge < -0.3 is 5.32 Å². The van der Waals surface area contributed by atoms with Crippen LogP contribution in [-0.2, 0) is 6.54 Å². The molecule has 4 heteroatoms. The molecule has 0 bridgehead atoms. The predicted molar refractivity (Wildman–Crippen MR) is 124 cm³/mol. The molecule has 1 heterocycles. The number of piperidine rings is 1. The summed E-state index contributed by atoms with van der Waals surface area (Å²) in [5.74, 6) is 0.494. The van der Waals surface area contributed by atoms with Crippen LogP contribution in [0.2, 0.25) is 0 Å². The summed E-state index contributed by atoms with van der Waals surface area (Å²) in [4.78, 5) is 28.2. The molecule has 0 unspecified atom stereocenters. The third-order valence-electron chi connectivity index (χ3n) is 5.95. The molecular weight excluding hydrogens is 384 g/mol. The third kappa shape index (κ3) is 5.28. The van der Waals surface area contributed by atoms with Gasteiger partial charge in [0.05, 0.1) is 5.69 Å².